The number of aryl methyl sites for hydroxylation is 1. The summed E-state index contributed by atoms with van der Waals surface area (Å²) >= 11 is 6.25. The van der Waals surface area contributed by atoms with E-state index in [1.807, 2.05) is 36.4 Å². The smallest absolute Gasteiger partial charge is 0.335 e. The van der Waals surface area contributed by atoms with Gasteiger partial charge < -0.3 is 15.4 Å². The minimum atomic E-state index is -0.964. The number of imidazole rings is 1. The molecule has 0 amide bonds. The Bertz CT molecular complexity index is 1440. The normalized spacial score (nSPS) is 14.2. The standard InChI is InChI=1S/C29H28ClN3O3/c30-24-17-22(31)13-10-18(24)12-15-27(34)19-6-8-20(9-7-19)28-32-25-16-21(29(35)36)11-14-26(25)33(28)23-4-2-1-3-5-23/h6-11,13-14,16-17,23H,1-5,12,15,31H2,(H,35,36). The van der Waals surface area contributed by atoms with E-state index < -0.39 is 5.97 Å². The Morgan fingerprint density at radius 3 is 2.39 bits per heavy atom. The molecule has 0 atom stereocenters. The van der Waals surface area contributed by atoms with Gasteiger partial charge in [-0.25, -0.2) is 9.78 Å². The van der Waals surface area contributed by atoms with Crippen LogP contribution >= 0.6 is 11.6 Å². The van der Waals surface area contributed by atoms with Crippen LogP contribution in [0.3, 0.4) is 0 Å². The molecule has 3 N–H and O–H groups in total. The van der Waals surface area contributed by atoms with E-state index in [1.165, 1.54) is 19.3 Å². The Labute approximate surface area is 214 Å². The number of nitrogen functional groups attached to an aromatic ring is 1. The molecular weight excluding hydrogens is 474 g/mol. The van der Waals surface area contributed by atoms with Crippen molar-refractivity contribution in [2.75, 3.05) is 5.73 Å². The molecule has 7 heteroatoms. The summed E-state index contributed by atoms with van der Waals surface area (Å²) < 4.78 is 2.26. The Balaban J connectivity index is 1.43. The maximum absolute atomic E-state index is 12.9. The highest BCUT2D eigenvalue weighted by Crippen LogP contribution is 2.36. The van der Waals surface area contributed by atoms with Gasteiger partial charge >= 0.3 is 5.97 Å². The predicted octanol–water partition coefficient (Wildman–Crippen LogP) is 6.96. The van der Waals surface area contributed by atoms with E-state index >= 15 is 0 Å². The van der Waals surface area contributed by atoms with E-state index in [9.17, 15) is 14.7 Å². The Kier molecular flexibility index (Phi) is 6.79. The Morgan fingerprint density at radius 1 is 0.972 bits per heavy atom. The fraction of sp³-hybridized carbons (Fsp3) is 0.276. The Hall–Kier alpha value is -3.64. The molecule has 1 aliphatic carbocycles. The third kappa shape index (κ3) is 4.86. The second kappa shape index (κ2) is 10.2. The van der Waals surface area contributed by atoms with Crippen molar-refractivity contribution in [1.82, 2.24) is 9.55 Å². The van der Waals surface area contributed by atoms with Crippen LogP contribution in [-0.2, 0) is 6.42 Å². The first-order valence-corrected chi connectivity index (χ1v) is 12.7. The number of anilines is 1. The zero-order valence-electron chi connectivity index (χ0n) is 19.9. The van der Waals surface area contributed by atoms with Crippen molar-refractivity contribution < 1.29 is 14.7 Å². The maximum Gasteiger partial charge on any atom is 0.335 e. The van der Waals surface area contributed by atoms with Crippen LogP contribution in [0.4, 0.5) is 5.69 Å². The van der Waals surface area contributed by atoms with Gasteiger partial charge in [-0.3, -0.25) is 4.79 Å². The lowest BCUT2D eigenvalue weighted by Crippen LogP contribution is -2.14. The van der Waals surface area contributed by atoms with Crippen LogP contribution in [0.1, 0.15) is 70.8 Å². The molecule has 6 nitrogen and oxygen atoms in total. The summed E-state index contributed by atoms with van der Waals surface area (Å²) in [6.45, 7) is 0. The number of carboxylic acids is 1. The van der Waals surface area contributed by atoms with Crippen LogP contribution in [0.25, 0.3) is 22.4 Å². The maximum atomic E-state index is 12.9. The molecule has 1 aliphatic rings. The molecule has 0 bridgehead atoms. The van der Waals surface area contributed by atoms with Crippen molar-refractivity contribution in [1.29, 1.82) is 0 Å². The van der Waals surface area contributed by atoms with Crippen LogP contribution in [0.15, 0.2) is 60.7 Å². The number of carbonyl (C=O) groups is 2. The van der Waals surface area contributed by atoms with Gasteiger partial charge in [0.05, 0.1) is 16.6 Å². The number of Topliss-reactive ketones (excluding diaryl/α,β-unsaturated/α-hetero) is 1. The zero-order chi connectivity index (χ0) is 25.2. The lowest BCUT2D eigenvalue weighted by Gasteiger charge is -2.25. The van der Waals surface area contributed by atoms with Gasteiger partial charge in [0.15, 0.2) is 5.78 Å². The lowest BCUT2D eigenvalue weighted by molar-refractivity contribution is 0.0696. The van der Waals surface area contributed by atoms with Crippen molar-refractivity contribution in [2.24, 2.45) is 0 Å². The van der Waals surface area contributed by atoms with E-state index in [1.54, 1.807) is 24.3 Å². The van der Waals surface area contributed by atoms with Gasteiger partial charge in [-0.15, -0.1) is 0 Å². The van der Waals surface area contributed by atoms with Gasteiger partial charge in [0.25, 0.3) is 0 Å². The van der Waals surface area contributed by atoms with E-state index in [0.29, 0.717) is 40.7 Å². The molecule has 1 aromatic heterocycles. The molecule has 0 spiro atoms. The van der Waals surface area contributed by atoms with Crippen molar-refractivity contribution in [3.8, 4) is 11.4 Å². The van der Waals surface area contributed by atoms with E-state index in [-0.39, 0.29) is 11.3 Å². The largest absolute Gasteiger partial charge is 0.478 e. The van der Waals surface area contributed by atoms with Crippen molar-refractivity contribution in [3.05, 3.63) is 82.4 Å². The SMILES string of the molecule is Nc1ccc(CCC(=O)c2ccc(-c3nc4cc(C(=O)O)ccc4n3C3CCCCC3)cc2)c(Cl)c1. The van der Waals surface area contributed by atoms with E-state index in [2.05, 4.69) is 4.57 Å². The molecule has 1 fully saturated rings. The highest BCUT2D eigenvalue weighted by atomic mass is 35.5. The summed E-state index contributed by atoms with van der Waals surface area (Å²) in [7, 11) is 0. The molecule has 36 heavy (non-hydrogen) atoms. The predicted molar refractivity (Wildman–Crippen MR) is 143 cm³/mol. The summed E-state index contributed by atoms with van der Waals surface area (Å²) in [6, 6.07) is 18.4. The highest BCUT2D eigenvalue weighted by molar-refractivity contribution is 6.31. The number of halogens is 1. The fourth-order valence-electron chi connectivity index (χ4n) is 5.11. The number of aromatic nitrogens is 2. The number of benzene rings is 3. The number of nitrogens with two attached hydrogens (primary N) is 1. The number of carboxylic acid groups (broad SMARTS) is 1. The number of carbonyl (C=O) groups excluding carboxylic acids is 1. The van der Waals surface area contributed by atoms with Crippen LogP contribution in [-0.4, -0.2) is 26.4 Å². The molecule has 0 saturated heterocycles. The molecule has 3 aromatic carbocycles. The average Bonchev–Trinajstić information content (AvgIpc) is 3.27. The summed E-state index contributed by atoms with van der Waals surface area (Å²) in [5.74, 6) is -0.109. The van der Waals surface area contributed by atoms with Gasteiger partial charge in [0.2, 0.25) is 0 Å². The van der Waals surface area contributed by atoms with Crippen LogP contribution in [0.2, 0.25) is 5.02 Å². The summed E-state index contributed by atoms with van der Waals surface area (Å²) in [5, 5.41) is 10.0. The van der Waals surface area contributed by atoms with Gasteiger partial charge in [-0.1, -0.05) is 61.2 Å². The molecular formula is C29H28ClN3O3. The Morgan fingerprint density at radius 2 is 1.69 bits per heavy atom. The monoisotopic (exact) mass is 501 g/mol. The molecule has 4 aromatic rings. The first kappa shape index (κ1) is 24.1. The second-order valence-corrected chi connectivity index (χ2v) is 9.86. The number of ketones is 1. The minimum absolute atomic E-state index is 0.0429. The number of aromatic carboxylic acids is 1. The molecule has 0 radical (unpaired) electrons. The van der Waals surface area contributed by atoms with E-state index in [4.69, 9.17) is 22.3 Å². The molecule has 5 rings (SSSR count). The van der Waals surface area contributed by atoms with Crippen LogP contribution in [0.5, 0.6) is 0 Å². The molecule has 184 valence electrons. The first-order chi connectivity index (χ1) is 17.4. The van der Waals surface area contributed by atoms with Gasteiger partial charge in [-0.2, -0.15) is 0 Å². The van der Waals surface area contributed by atoms with Crippen LogP contribution < -0.4 is 5.73 Å². The van der Waals surface area contributed by atoms with Crippen molar-refractivity contribution in [2.45, 2.75) is 51.0 Å². The fourth-order valence-corrected chi connectivity index (χ4v) is 5.39. The number of hydrogen-bond donors (Lipinski definition) is 2. The summed E-state index contributed by atoms with van der Waals surface area (Å²) in [5.41, 5.74) is 10.7. The summed E-state index contributed by atoms with van der Waals surface area (Å²) in [6.07, 6.45) is 6.61. The topological polar surface area (TPSA) is 98.2 Å². The second-order valence-electron chi connectivity index (χ2n) is 9.46. The number of fused-ring (bicyclic) bond motifs is 1. The lowest BCUT2D eigenvalue weighted by atomic mass is 9.94. The first-order valence-electron chi connectivity index (χ1n) is 12.3. The van der Waals surface area contributed by atoms with Crippen LogP contribution in [0, 0.1) is 0 Å². The number of rotatable bonds is 7. The molecule has 1 heterocycles. The zero-order valence-corrected chi connectivity index (χ0v) is 20.7. The highest BCUT2D eigenvalue weighted by Gasteiger charge is 2.23. The number of hydrogen-bond acceptors (Lipinski definition) is 4. The van der Waals surface area contributed by atoms with Gasteiger partial charge in [-0.05, 0) is 55.2 Å². The van der Waals surface area contributed by atoms with E-state index in [0.717, 1.165) is 35.3 Å². The van der Waals surface area contributed by atoms with Gasteiger partial charge in [0.1, 0.15) is 5.82 Å². The number of nitrogens with zero attached hydrogens (tertiary/aromatic N) is 2. The molecule has 0 unspecified atom stereocenters. The average molecular weight is 502 g/mol. The summed E-state index contributed by atoms with van der Waals surface area (Å²) in [4.78, 5) is 29.2. The third-order valence-electron chi connectivity index (χ3n) is 7.04. The third-order valence-corrected chi connectivity index (χ3v) is 7.39. The quantitative estimate of drug-likeness (QED) is 0.211. The molecule has 1 saturated carbocycles. The van der Waals surface area contributed by atoms with Crippen molar-refractivity contribution >= 4 is 40.1 Å². The molecule has 0 aliphatic heterocycles. The minimum Gasteiger partial charge on any atom is -0.478 e. The van der Waals surface area contributed by atoms with Crippen molar-refractivity contribution in [3.63, 3.8) is 0 Å². The van der Waals surface area contributed by atoms with Gasteiger partial charge in [0, 0.05) is 34.3 Å².